The average Bonchev–Trinajstić information content (AvgIpc) is 3.23. The number of aryl methyl sites for hydroxylation is 1. The van der Waals surface area contributed by atoms with E-state index in [2.05, 4.69) is 21.4 Å². The second-order valence-corrected chi connectivity index (χ2v) is 7.51. The Bertz CT molecular complexity index is 983. The zero-order valence-corrected chi connectivity index (χ0v) is 15.7. The minimum absolute atomic E-state index is 0.144. The molecule has 1 atom stereocenters. The van der Waals surface area contributed by atoms with Crippen molar-refractivity contribution in [2.45, 2.75) is 31.8 Å². The Morgan fingerprint density at radius 3 is 2.93 bits per heavy atom. The molecular formula is C21H21N5O2. The van der Waals surface area contributed by atoms with Gasteiger partial charge in [-0.1, -0.05) is 18.2 Å². The van der Waals surface area contributed by atoms with Crippen LogP contribution in [0.1, 0.15) is 40.2 Å². The van der Waals surface area contributed by atoms with E-state index >= 15 is 0 Å². The molecule has 2 aliphatic heterocycles. The zero-order valence-electron chi connectivity index (χ0n) is 15.7. The van der Waals surface area contributed by atoms with Gasteiger partial charge in [0.1, 0.15) is 5.69 Å². The molecule has 2 aliphatic rings. The number of aromatic nitrogens is 1. The molecule has 28 heavy (non-hydrogen) atoms. The minimum atomic E-state index is -0.563. The molecule has 0 radical (unpaired) electrons. The summed E-state index contributed by atoms with van der Waals surface area (Å²) in [6.45, 7) is 3.88. The summed E-state index contributed by atoms with van der Waals surface area (Å²) in [6, 6.07) is 15.0. The van der Waals surface area contributed by atoms with E-state index in [0.717, 1.165) is 17.8 Å². The van der Waals surface area contributed by atoms with E-state index in [-0.39, 0.29) is 11.8 Å². The Morgan fingerprint density at radius 1 is 1.32 bits per heavy atom. The first kappa shape index (κ1) is 18.1. The molecular weight excluding hydrogens is 354 g/mol. The second kappa shape index (κ2) is 7.06. The van der Waals surface area contributed by atoms with Crippen LogP contribution >= 0.6 is 0 Å². The number of hydrogen-bond acceptors (Lipinski definition) is 5. The summed E-state index contributed by atoms with van der Waals surface area (Å²) in [5.74, 6) is -0.419. The molecule has 0 saturated carbocycles. The number of benzene rings is 1. The number of nitrogens with one attached hydrogen (secondary N) is 1. The van der Waals surface area contributed by atoms with Crippen LogP contribution in [-0.2, 0) is 11.3 Å². The van der Waals surface area contributed by atoms with Crippen molar-refractivity contribution >= 4 is 11.8 Å². The third kappa shape index (κ3) is 3.35. The number of amides is 2. The molecule has 1 unspecified atom stereocenters. The predicted molar refractivity (Wildman–Crippen MR) is 102 cm³/mol. The van der Waals surface area contributed by atoms with Gasteiger partial charge in [0, 0.05) is 25.3 Å². The lowest BCUT2D eigenvalue weighted by atomic mass is 9.94. The highest BCUT2D eigenvalue weighted by molar-refractivity contribution is 5.96. The maximum atomic E-state index is 13.0. The molecule has 7 nitrogen and oxygen atoms in total. The van der Waals surface area contributed by atoms with Gasteiger partial charge in [-0.2, -0.15) is 5.26 Å². The van der Waals surface area contributed by atoms with Crippen molar-refractivity contribution in [2.24, 2.45) is 0 Å². The molecule has 1 spiro atoms. The van der Waals surface area contributed by atoms with Crippen LogP contribution < -0.4 is 5.43 Å². The van der Waals surface area contributed by atoms with Gasteiger partial charge in [-0.15, -0.1) is 0 Å². The minimum Gasteiger partial charge on any atom is -0.297 e. The van der Waals surface area contributed by atoms with Crippen molar-refractivity contribution in [1.29, 1.82) is 5.26 Å². The molecule has 2 fully saturated rings. The fourth-order valence-corrected chi connectivity index (χ4v) is 4.10. The fraction of sp³-hybridized carbons (Fsp3) is 0.333. The number of nitrogens with zero attached hydrogens (tertiary/aromatic N) is 4. The summed E-state index contributed by atoms with van der Waals surface area (Å²) in [7, 11) is 0. The van der Waals surface area contributed by atoms with Crippen LogP contribution in [0.3, 0.4) is 0 Å². The Morgan fingerprint density at radius 2 is 2.14 bits per heavy atom. The van der Waals surface area contributed by atoms with Crippen molar-refractivity contribution in [3.05, 3.63) is 65.0 Å². The summed E-state index contributed by atoms with van der Waals surface area (Å²) in [5.41, 5.74) is 4.95. The summed E-state index contributed by atoms with van der Waals surface area (Å²) in [5, 5.41) is 10.6. The van der Waals surface area contributed by atoms with E-state index in [9.17, 15) is 9.59 Å². The lowest BCUT2D eigenvalue weighted by Crippen LogP contribution is -2.53. The number of hydrazine groups is 1. The lowest BCUT2D eigenvalue weighted by Gasteiger charge is -2.33. The number of pyridine rings is 1. The van der Waals surface area contributed by atoms with Crippen LogP contribution in [-0.4, -0.2) is 45.3 Å². The number of likely N-dealkylation sites (tertiary alicyclic amines) is 1. The van der Waals surface area contributed by atoms with Crippen molar-refractivity contribution in [2.75, 3.05) is 13.1 Å². The molecule has 142 valence electrons. The monoisotopic (exact) mass is 375 g/mol. The van der Waals surface area contributed by atoms with E-state index in [0.29, 0.717) is 37.2 Å². The second-order valence-electron chi connectivity index (χ2n) is 7.51. The Hall–Kier alpha value is -3.24. The number of carbonyl (C=O) groups excluding carboxylic acids is 2. The van der Waals surface area contributed by atoms with Gasteiger partial charge in [0.05, 0.1) is 23.6 Å². The molecule has 2 saturated heterocycles. The largest absolute Gasteiger partial charge is 0.297 e. The van der Waals surface area contributed by atoms with E-state index in [1.807, 2.05) is 31.2 Å². The highest BCUT2D eigenvalue weighted by atomic mass is 16.2. The van der Waals surface area contributed by atoms with Crippen LogP contribution in [0.15, 0.2) is 42.5 Å². The highest BCUT2D eigenvalue weighted by Gasteiger charge is 2.52. The molecule has 3 heterocycles. The first-order valence-electron chi connectivity index (χ1n) is 9.28. The SMILES string of the molecule is Cc1cccc(C(=O)N2NC(=O)CC23CCN(Cc2cccc(C#N)c2)C3)n1. The van der Waals surface area contributed by atoms with E-state index in [4.69, 9.17) is 5.26 Å². The molecule has 1 N–H and O–H groups in total. The molecule has 0 bridgehead atoms. The number of carbonyl (C=O) groups is 2. The molecule has 2 amide bonds. The molecule has 1 aromatic heterocycles. The Labute approximate surface area is 163 Å². The standard InChI is InChI=1S/C21H21N5O2/c1-15-4-2-7-18(23-15)20(28)26-21(11-19(27)24-26)8-9-25(14-21)13-17-6-3-5-16(10-17)12-22/h2-7,10H,8-9,11,13-14H2,1H3,(H,24,27). The molecule has 1 aromatic carbocycles. The summed E-state index contributed by atoms with van der Waals surface area (Å²) >= 11 is 0. The molecule has 2 aromatic rings. The third-order valence-corrected chi connectivity index (χ3v) is 5.38. The quantitative estimate of drug-likeness (QED) is 0.883. The maximum absolute atomic E-state index is 13.0. The predicted octanol–water partition coefficient (Wildman–Crippen LogP) is 1.78. The normalized spacial score (nSPS) is 21.7. The molecule has 4 rings (SSSR count). The van der Waals surface area contributed by atoms with Crippen LogP contribution in [0.25, 0.3) is 0 Å². The van der Waals surface area contributed by atoms with Crippen molar-refractivity contribution in [3.8, 4) is 6.07 Å². The maximum Gasteiger partial charge on any atom is 0.291 e. The van der Waals surface area contributed by atoms with E-state index in [1.165, 1.54) is 5.01 Å². The number of rotatable bonds is 3. The molecule has 0 aliphatic carbocycles. The van der Waals surface area contributed by atoms with Crippen molar-refractivity contribution in [3.63, 3.8) is 0 Å². The Balaban J connectivity index is 1.53. The van der Waals surface area contributed by atoms with Gasteiger partial charge >= 0.3 is 0 Å². The summed E-state index contributed by atoms with van der Waals surface area (Å²) < 4.78 is 0. The van der Waals surface area contributed by atoms with Gasteiger partial charge in [-0.25, -0.2) is 9.99 Å². The first-order chi connectivity index (χ1) is 13.5. The Kier molecular flexibility index (Phi) is 4.57. The van der Waals surface area contributed by atoms with Crippen molar-refractivity contribution in [1.82, 2.24) is 20.3 Å². The zero-order chi connectivity index (χ0) is 19.7. The van der Waals surface area contributed by atoms with Gasteiger partial charge in [0.15, 0.2) is 0 Å². The number of hydrogen-bond donors (Lipinski definition) is 1. The smallest absolute Gasteiger partial charge is 0.291 e. The molecule has 7 heteroatoms. The van der Waals surface area contributed by atoms with Crippen LogP contribution in [0, 0.1) is 18.3 Å². The summed E-state index contributed by atoms with van der Waals surface area (Å²) in [6.07, 6.45) is 1.00. The lowest BCUT2D eigenvalue weighted by molar-refractivity contribution is -0.120. The van der Waals surface area contributed by atoms with Crippen LogP contribution in [0.5, 0.6) is 0 Å². The van der Waals surface area contributed by atoms with Crippen LogP contribution in [0.4, 0.5) is 0 Å². The van der Waals surface area contributed by atoms with Gasteiger partial charge < -0.3 is 0 Å². The van der Waals surface area contributed by atoms with Gasteiger partial charge in [-0.3, -0.25) is 19.9 Å². The first-order valence-corrected chi connectivity index (χ1v) is 9.28. The van der Waals surface area contributed by atoms with E-state index in [1.54, 1.807) is 18.2 Å². The fourth-order valence-electron chi connectivity index (χ4n) is 4.10. The average molecular weight is 375 g/mol. The third-order valence-electron chi connectivity index (χ3n) is 5.38. The number of nitriles is 1. The van der Waals surface area contributed by atoms with E-state index < -0.39 is 5.54 Å². The van der Waals surface area contributed by atoms with Crippen LogP contribution in [0.2, 0.25) is 0 Å². The van der Waals surface area contributed by atoms with Gasteiger partial charge in [0.2, 0.25) is 5.91 Å². The topological polar surface area (TPSA) is 89.3 Å². The summed E-state index contributed by atoms with van der Waals surface area (Å²) in [4.78, 5) is 31.8. The van der Waals surface area contributed by atoms with Crippen molar-refractivity contribution < 1.29 is 9.59 Å². The van der Waals surface area contributed by atoms with Gasteiger partial charge in [0.25, 0.3) is 5.91 Å². The van der Waals surface area contributed by atoms with Gasteiger partial charge in [-0.05, 0) is 43.2 Å². The highest BCUT2D eigenvalue weighted by Crippen LogP contribution is 2.35.